The molecule has 8 heteroatoms. The highest BCUT2D eigenvalue weighted by molar-refractivity contribution is 6.36. The third-order valence-electron chi connectivity index (χ3n) is 4.12. The molecule has 1 heterocycles. The Kier molecular flexibility index (Phi) is 6.46. The quantitative estimate of drug-likeness (QED) is 0.435. The van der Waals surface area contributed by atoms with E-state index in [1.54, 1.807) is 20.2 Å². The van der Waals surface area contributed by atoms with E-state index in [0.717, 1.165) is 11.3 Å². The van der Waals surface area contributed by atoms with Crippen molar-refractivity contribution < 1.29 is 19.0 Å². The number of aldehydes is 1. The average molecular weight is 433 g/mol. The predicted molar refractivity (Wildman–Crippen MR) is 113 cm³/mol. The van der Waals surface area contributed by atoms with Gasteiger partial charge in [0.1, 0.15) is 23.8 Å². The van der Waals surface area contributed by atoms with Gasteiger partial charge in [-0.05, 0) is 23.8 Å². The Morgan fingerprint density at radius 3 is 2.45 bits per heavy atom. The van der Waals surface area contributed by atoms with Crippen LogP contribution in [0.3, 0.4) is 0 Å². The molecule has 0 atom stereocenters. The van der Waals surface area contributed by atoms with Crippen LogP contribution >= 0.6 is 23.2 Å². The van der Waals surface area contributed by atoms with Gasteiger partial charge in [-0.25, -0.2) is 4.68 Å². The van der Waals surface area contributed by atoms with Crippen LogP contribution in [0.5, 0.6) is 23.1 Å². The topological polar surface area (TPSA) is 62.6 Å². The molecule has 0 spiro atoms. The van der Waals surface area contributed by atoms with E-state index >= 15 is 0 Å². The molecule has 3 rings (SSSR count). The van der Waals surface area contributed by atoms with E-state index in [1.807, 2.05) is 24.3 Å². The van der Waals surface area contributed by atoms with E-state index in [0.29, 0.717) is 40.9 Å². The molecule has 0 bridgehead atoms. The summed E-state index contributed by atoms with van der Waals surface area (Å²) in [5, 5.41) is 4.73. The van der Waals surface area contributed by atoms with Crippen LogP contribution in [0.25, 0.3) is 6.08 Å². The van der Waals surface area contributed by atoms with Crippen molar-refractivity contribution in [3.63, 3.8) is 0 Å². The molecule has 3 aromatic rings. The Hall–Kier alpha value is -2.96. The molecular formula is C21H18Cl2N2O4. The van der Waals surface area contributed by atoms with Gasteiger partial charge in [0.15, 0.2) is 12.0 Å². The molecule has 0 aliphatic heterocycles. The number of halogens is 2. The van der Waals surface area contributed by atoms with Crippen molar-refractivity contribution in [2.24, 2.45) is 7.05 Å². The summed E-state index contributed by atoms with van der Waals surface area (Å²) in [5.74, 6) is 1.80. The van der Waals surface area contributed by atoms with E-state index in [2.05, 4.69) is 11.7 Å². The molecule has 0 saturated heterocycles. The van der Waals surface area contributed by atoms with Gasteiger partial charge in [0.25, 0.3) is 0 Å². The number of methoxy groups -OCH3 is 1. The van der Waals surface area contributed by atoms with Crippen LogP contribution in [0.15, 0.2) is 43.0 Å². The second-order valence-electron chi connectivity index (χ2n) is 6.00. The maximum atomic E-state index is 11.2. The zero-order valence-corrected chi connectivity index (χ0v) is 17.3. The van der Waals surface area contributed by atoms with Crippen molar-refractivity contribution >= 4 is 35.6 Å². The second-order valence-corrected chi connectivity index (χ2v) is 6.82. The summed E-state index contributed by atoms with van der Waals surface area (Å²) in [5.41, 5.74) is 1.63. The first kappa shape index (κ1) is 20.8. The van der Waals surface area contributed by atoms with Crippen molar-refractivity contribution in [1.82, 2.24) is 9.78 Å². The molecule has 0 N–H and O–H groups in total. The van der Waals surface area contributed by atoms with E-state index in [-0.39, 0.29) is 10.7 Å². The maximum absolute atomic E-state index is 11.2. The molecule has 150 valence electrons. The fraction of sp³-hybridized carbons (Fsp3) is 0.143. The fourth-order valence-electron chi connectivity index (χ4n) is 2.63. The molecule has 6 nitrogen and oxygen atoms in total. The van der Waals surface area contributed by atoms with Crippen molar-refractivity contribution in [3.05, 3.63) is 69.8 Å². The van der Waals surface area contributed by atoms with Crippen molar-refractivity contribution in [2.45, 2.75) is 6.61 Å². The van der Waals surface area contributed by atoms with E-state index in [9.17, 15) is 4.79 Å². The van der Waals surface area contributed by atoms with Crippen LogP contribution in [0.1, 0.15) is 21.6 Å². The van der Waals surface area contributed by atoms with Gasteiger partial charge in [0, 0.05) is 13.1 Å². The molecule has 0 fully saturated rings. The van der Waals surface area contributed by atoms with Crippen LogP contribution in [-0.4, -0.2) is 23.2 Å². The number of hydrogen-bond donors (Lipinski definition) is 0. The van der Waals surface area contributed by atoms with Crippen LogP contribution in [0.2, 0.25) is 10.0 Å². The number of nitrogens with zero attached hydrogens (tertiary/aromatic N) is 2. The standard InChI is InChI=1S/C21H18Cl2N2O4/c1-4-15-18(11-26)24-25(2)21(15)29-20-10-19(16(22)9-17(20)23)28-12-13-5-7-14(27-3)8-6-13/h4-11H,1,12H2,2-3H3. The van der Waals surface area contributed by atoms with Crippen molar-refractivity contribution in [1.29, 1.82) is 0 Å². The number of aromatic nitrogens is 2. The lowest BCUT2D eigenvalue weighted by molar-refractivity contribution is 0.111. The summed E-state index contributed by atoms with van der Waals surface area (Å²) >= 11 is 12.6. The third kappa shape index (κ3) is 4.55. The number of rotatable bonds is 8. The fourth-order valence-corrected chi connectivity index (χ4v) is 3.11. The zero-order chi connectivity index (χ0) is 21.0. The summed E-state index contributed by atoms with van der Waals surface area (Å²) < 4.78 is 18.3. The highest BCUT2D eigenvalue weighted by Gasteiger charge is 2.18. The van der Waals surface area contributed by atoms with Gasteiger partial charge in [-0.3, -0.25) is 4.79 Å². The van der Waals surface area contributed by atoms with Crippen LogP contribution in [0.4, 0.5) is 0 Å². The van der Waals surface area contributed by atoms with Gasteiger partial charge < -0.3 is 14.2 Å². The number of aryl methyl sites for hydroxylation is 1. The monoisotopic (exact) mass is 432 g/mol. The average Bonchev–Trinajstić information content (AvgIpc) is 3.03. The normalized spacial score (nSPS) is 10.5. The van der Waals surface area contributed by atoms with Crippen LogP contribution in [0, 0.1) is 0 Å². The summed E-state index contributed by atoms with van der Waals surface area (Å²) in [4.78, 5) is 11.2. The Balaban J connectivity index is 1.85. The van der Waals surface area contributed by atoms with Crippen LogP contribution < -0.4 is 14.2 Å². The lowest BCUT2D eigenvalue weighted by Crippen LogP contribution is -1.99. The van der Waals surface area contributed by atoms with Crippen molar-refractivity contribution in [2.75, 3.05) is 7.11 Å². The molecule has 0 saturated carbocycles. The molecule has 29 heavy (non-hydrogen) atoms. The number of benzene rings is 2. The summed E-state index contributed by atoms with van der Waals surface area (Å²) in [7, 11) is 3.26. The molecule has 0 amide bonds. The maximum Gasteiger partial charge on any atom is 0.225 e. The summed E-state index contributed by atoms with van der Waals surface area (Å²) in [6.07, 6.45) is 2.13. The number of hydrogen-bond acceptors (Lipinski definition) is 5. The number of carbonyl (C=O) groups is 1. The molecule has 0 unspecified atom stereocenters. The molecular weight excluding hydrogens is 415 g/mol. The third-order valence-corrected chi connectivity index (χ3v) is 4.71. The lowest BCUT2D eigenvalue weighted by Gasteiger charge is -2.13. The first-order valence-electron chi connectivity index (χ1n) is 8.54. The van der Waals surface area contributed by atoms with Gasteiger partial charge in [0.05, 0.1) is 22.7 Å². The summed E-state index contributed by atoms with van der Waals surface area (Å²) in [6, 6.07) is 10.6. The smallest absolute Gasteiger partial charge is 0.225 e. The highest BCUT2D eigenvalue weighted by atomic mass is 35.5. The van der Waals surface area contributed by atoms with Gasteiger partial charge in [-0.2, -0.15) is 5.10 Å². The van der Waals surface area contributed by atoms with Gasteiger partial charge in [-0.1, -0.05) is 48.0 Å². The van der Waals surface area contributed by atoms with Crippen LogP contribution in [-0.2, 0) is 13.7 Å². The summed E-state index contributed by atoms with van der Waals surface area (Å²) in [6.45, 7) is 4.00. The second kappa shape index (κ2) is 9.03. The van der Waals surface area contributed by atoms with Gasteiger partial charge in [-0.15, -0.1) is 0 Å². The van der Waals surface area contributed by atoms with Crippen molar-refractivity contribution in [3.8, 4) is 23.1 Å². The molecule has 0 aliphatic carbocycles. The van der Waals surface area contributed by atoms with E-state index in [4.69, 9.17) is 37.4 Å². The van der Waals surface area contributed by atoms with E-state index in [1.165, 1.54) is 16.8 Å². The predicted octanol–water partition coefficient (Wildman–Crippen LogP) is 5.56. The largest absolute Gasteiger partial charge is 0.497 e. The first-order valence-corrected chi connectivity index (χ1v) is 9.29. The Bertz CT molecular complexity index is 1050. The minimum Gasteiger partial charge on any atom is -0.497 e. The zero-order valence-electron chi connectivity index (χ0n) is 15.8. The minimum absolute atomic E-state index is 0.221. The molecule has 1 aromatic heterocycles. The highest BCUT2D eigenvalue weighted by Crippen LogP contribution is 2.39. The number of ether oxygens (including phenoxy) is 3. The lowest BCUT2D eigenvalue weighted by atomic mass is 10.2. The van der Waals surface area contributed by atoms with E-state index < -0.39 is 0 Å². The Morgan fingerprint density at radius 1 is 1.14 bits per heavy atom. The SMILES string of the molecule is C=Cc1c(C=O)nn(C)c1Oc1cc(OCc2ccc(OC)cc2)c(Cl)cc1Cl. The minimum atomic E-state index is 0.221. The van der Waals surface area contributed by atoms with Gasteiger partial charge in [0.2, 0.25) is 5.88 Å². The first-order chi connectivity index (χ1) is 14.0. The Labute approximate surface area is 178 Å². The Morgan fingerprint density at radius 2 is 1.83 bits per heavy atom. The number of carbonyl (C=O) groups excluding carboxylic acids is 1. The van der Waals surface area contributed by atoms with Gasteiger partial charge >= 0.3 is 0 Å². The molecule has 0 aliphatic rings. The molecule has 2 aromatic carbocycles. The molecule has 0 radical (unpaired) electrons.